The molecule has 2 rings (SSSR count). The molecule has 0 saturated carbocycles. The number of halogens is 1. The minimum Gasteiger partial charge on any atom is -0.224 e. The number of sulfonamides is 1. The molecule has 0 spiro atoms. The number of hydrogen-bond donors (Lipinski definition) is 0. The lowest BCUT2D eigenvalue weighted by molar-refractivity contribution is 0.348. The molecule has 0 aliphatic rings. The van der Waals surface area contributed by atoms with Crippen LogP contribution in [0.1, 0.15) is 19.4 Å². The first-order valence-corrected chi connectivity index (χ1v) is 11.7. The smallest absolute Gasteiger partial charge is 0.224 e. The first-order chi connectivity index (χ1) is 11.5. The van der Waals surface area contributed by atoms with E-state index in [-0.39, 0.29) is 22.4 Å². The fourth-order valence-corrected chi connectivity index (χ4v) is 5.65. The van der Waals surface area contributed by atoms with Crippen molar-refractivity contribution in [3.63, 3.8) is 0 Å². The Balaban J connectivity index is 2.54. The Hall–Kier alpha value is -1.22. The van der Waals surface area contributed by atoms with Gasteiger partial charge in [-0.25, -0.2) is 16.8 Å². The number of hydrogen-bond acceptors (Lipinski definition) is 4. The molecule has 2 aromatic rings. The molecule has 0 fully saturated rings. The fraction of sp³-hybridized carbons (Fsp3) is 0.294. The SMILES string of the molecule is CC(C)N(Cc1ccccc1)S(=O)(=O)c1cc(S(C)(=O)=O)ccc1Br. The normalized spacial score (nSPS) is 12.7. The van der Waals surface area contributed by atoms with Crippen molar-refractivity contribution in [2.24, 2.45) is 0 Å². The molecule has 0 saturated heterocycles. The summed E-state index contributed by atoms with van der Waals surface area (Å²) < 4.78 is 51.6. The van der Waals surface area contributed by atoms with Gasteiger partial charge >= 0.3 is 0 Å². The molecule has 136 valence electrons. The molecule has 0 atom stereocenters. The highest BCUT2D eigenvalue weighted by atomic mass is 79.9. The lowest BCUT2D eigenvalue weighted by Gasteiger charge is -2.26. The number of nitrogens with zero attached hydrogens (tertiary/aromatic N) is 1. The topological polar surface area (TPSA) is 71.5 Å². The molecule has 25 heavy (non-hydrogen) atoms. The zero-order chi connectivity index (χ0) is 18.8. The summed E-state index contributed by atoms with van der Waals surface area (Å²) in [6.45, 7) is 3.78. The summed E-state index contributed by atoms with van der Waals surface area (Å²) in [5.74, 6) is 0. The van der Waals surface area contributed by atoms with Crippen LogP contribution in [0.25, 0.3) is 0 Å². The minimum absolute atomic E-state index is 0.0299. The highest BCUT2D eigenvalue weighted by molar-refractivity contribution is 9.10. The van der Waals surface area contributed by atoms with E-state index in [0.29, 0.717) is 4.47 Å². The van der Waals surface area contributed by atoms with Crippen molar-refractivity contribution >= 4 is 35.8 Å². The number of benzene rings is 2. The van der Waals surface area contributed by atoms with Gasteiger partial charge in [0.25, 0.3) is 0 Å². The Kier molecular flexibility index (Phi) is 6.09. The average molecular weight is 446 g/mol. The van der Waals surface area contributed by atoms with E-state index in [1.54, 1.807) is 13.8 Å². The van der Waals surface area contributed by atoms with Gasteiger partial charge in [0.2, 0.25) is 10.0 Å². The Morgan fingerprint density at radius 2 is 1.60 bits per heavy atom. The second-order valence-corrected chi connectivity index (χ2v) is 10.7. The summed E-state index contributed by atoms with van der Waals surface area (Å²) in [4.78, 5) is -0.0854. The molecule has 0 bridgehead atoms. The Morgan fingerprint density at radius 3 is 2.12 bits per heavy atom. The van der Waals surface area contributed by atoms with Crippen LogP contribution in [0, 0.1) is 0 Å². The van der Waals surface area contributed by atoms with Crippen molar-refractivity contribution in [3.8, 4) is 0 Å². The summed E-state index contributed by atoms with van der Waals surface area (Å²) in [5, 5.41) is 0. The van der Waals surface area contributed by atoms with E-state index in [0.717, 1.165) is 11.8 Å². The first kappa shape index (κ1) is 20.1. The predicted molar refractivity (Wildman–Crippen MR) is 102 cm³/mol. The zero-order valence-corrected chi connectivity index (χ0v) is 17.4. The molecule has 0 N–H and O–H groups in total. The third-order valence-corrected chi connectivity index (χ3v) is 7.80. The molecule has 0 aliphatic heterocycles. The molecule has 8 heteroatoms. The maximum absolute atomic E-state index is 13.2. The predicted octanol–water partition coefficient (Wildman–Crippen LogP) is 3.45. The van der Waals surface area contributed by atoms with E-state index in [9.17, 15) is 16.8 Å². The zero-order valence-electron chi connectivity index (χ0n) is 14.2. The van der Waals surface area contributed by atoms with Gasteiger partial charge in [0.05, 0.1) is 9.79 Å². The van der Waals surface area contributed by atoms with Gasteiger partial charge in [-0.2, -0.15) is 4.31 Å². The van der Waals surface area contributed by atoms with Gasteiger partial charge in [-0.05, 0) is 53.5 Å². The van der Waals surface area contributed by atoms with Gasteiger partial charge in [0.1, 0.15) is 0 Å². The summed E-state index contributed by atoms with van der Waals surface area (Å²) in [6.07, 6.45) is 1.05. The first-order valence-electron chi connectivity index (χ1n) is 7.59. The van der Waals surface area contributed by atoms with Crippen LogP contribution in [0.15, 0.2) is 62.8 Å². The van der Waals surface area contributed by atoms with Crippen LogP contribution in [0.2, 0.25) is 0 Å². The van der Waals surface area contributed by atoms with E-state index < -0.39 is 19.9 Å². The molecule has 0 aliphatic carbocycles. The quantitative estimate of drug-likeness (QED) is 0.682. The van der Waals surface area contributed by atoms with Crippen LogP contribution in [0.4, 0.5) is 0 Å². The maximum atomic E-state index is 13.2. The molecule has 2 aromatic carbocycles. The van der Waals surface area contributed by atoms with Gasteiger partial charge in [0, 0.05) is 23.3 Å². The van der Waals surface area contributed by atoms with Gasteiger partial charge in [-0.1, -0.05) is 30.3 Å². The summed E-state index contributed by atoms with van der Waals surface area (Å²) in [7, 11) is -7.40. The third kappa shape index (κ3) is 4.69. The molecule has 0 radical (unpaired) electrons. The fourth-order valence-electron chi connectivity index (χ4n) is 2.35. The lowest BCUT2D eigenvalue weighted by Crippen LogP contribution is -2.36. The van der Waals surface area contributed by atoms with Crippen molar-refractivity contribution in [3.05, 3.63) is 58.6 Å². The number of rotatable bonds is 6. The van der Waals surface area contributed by atoms with Crippen molar-refractivity contribution < 1.29 is 16.8 Å². The van der Waals surface area contributed by atoms with Gasteiger partial charge in [0.15, 0.2) is 9.84 Å². The molecule has 5 nitrogen and oxygen atoms in total. The second-order valence-electron chi connectivity index (χ2n) is 5.99. The van der Waals surface area contributed by atoms with Crippen LogP contribution < -0.4 is 0 Å². The van der Waals surface area contributed by atoms with E-state index in [2.05, 4.69) is 15.9 Å². The van der Waals surface area contributed by atoms with E-state index in [1.165, 1.54) is 22.5 Å². The average Bonchev–Trinajstić information content (AvgIpc) is 2.52. The third-order valence-electron chi connectivity index (χ3n) is 3.67. The van der Waals surface area contributed by atoms with Crippen LogP contribution >= 0.6 is 15.9 Å². The second kappa shape index (κ2) is 7.57. The summed E-state index contributed by atoms with van der Waals surface area (Å²) in [5.41, 5.74) is 0.857. The van der Waals surface area contributed by atoms with Gasteiger partial charge in [-0.3, -0.25) is 0 Å². The van der Waals surface area contributed by atoms with E-state index in [1.807, 2.05) is 30.3 Å². The van der Waals surface area contributed by atoms with Gasteiger partial charge < -0.3 is 0 Å². The Labute approximate surface area is 157 Å². The van der Waals surface area contributed by atoms with Crippen molar-refractivity contribution in [2.45, 2.75) is 36.2 Å². The Bertz CT molecular complexity index is 955. The molecule has 0 unspecified atom stereocenters. The van der Waals surface area contributed by atoms with Crippen LogP contribution in [0.5, 0.6) is 0 Å². The molecular weight excluding hydrogens is 426 g/mol. The standard InChI is InChI=1S/C17H20BrNO4S2/c1-13(2)19(12-14-7-5-4-6-8-14)25(22,23)17-11-15(24(3,20)21)9-10-16(17)18/h4-11,13H,12H2,1-3H3. The highest BCUT2D eigenvalue weighted by Gasteiger charge is 2.30. The highest BCUT2D eigenvalue weighted by Crippen LogP contribution is 2.29. The molecular formula is C17H20BrNO4S2. The van der Waals surface area contributed by atoms with E-state index in [4.69, 9.17) is 0 Å². The van der Waals surface area contributed by atoms with Crippen molar-refractivity contribution in [1.29, 1.82) is 0 Å². The van der Waals surface area contributed by atoms with Crippen molar-refractivity contribution in [2.75, 3.05) is 6.26 Å². The molecule has 0 aromatic heterocycles. The van der Waals surface area contributed by atoms with Gasteiger partial charge in [-0.15, -0.1) is 0 Å². The van der Waals surface area contributed by atoms with Crippen LogP contribution in [-0.4, -0.2) is 33.4 Å². The number of sulfone groups is 1. The molecule has 0 heterocycles. The maximum Gasteiger partial charge on any atom is 0.244 e. The van der Waals surface area contributed by atoms with Crippen LogP contribution in [0.3, 0.4) is 0 Å². The van der Waals surface area contributed by atoms with Crippen molar-refractivity contribution in [1.82, 2.24) is 4.31 Å². The van der Waals surface area contributed by atoms with E-state index >= 15 is 0 Å². The van der Waals surface area contributed by atoms with Crippen LogP contribution in [-0.2, 0) is 26.4 Å². The Morgan fingerprint density at radius 1 is 1.00 bits per heavy atom. The summed E-state index contributed by atoms with van der Waals surface area (Å²) in [6, 6.07) is 13.0. The molecule has 0 amide bonds. The largest absolute Gasteiger partial charge is 0.244 e. The minimum atomic E-state index is -3.89. The summed E-state index contributed by atoms with van der Waals surface area (Å²) >= 11 is 3.24. The monoisotopic (exact) mass is 445 g/mol. The lowest BCUT2D eigenvalue weighted by atomic mass is 10.2.